The van der Waals surface area contributed by atoms with Crippen molar-refractivity contribution < 1.29 is 9.53 Å². The number of para-hydroxylation sites is 2. The molecule has 3 N–H and O–H groups in total. The number of rotatable bonds is 8. The quantitative estimate of drug-likeness (QED) is 0.440. The van der Waals surface area contributed by atoms with Gasteiger partial charge in [-0.3, -0.25) is 4.79 Å². The number of hydrogen-bond donors (Lipinski definition) is 2. The van der Waals surface area contributed by atoms with Crippen molar-refractivity contribution in [2.45, 2.75) is 19.9 Å². The van der Waals surface area contributed by atoms with Gasteiger partial charge >= 0.3 is 0 Å². The Labute approximate surface area is 174 Å². The smallest absolute Gasteiger partial charge is 0.257 e. The van der Waals surface area contributed by atoms with Gasteiger partial charge in [0.05, 0.1) is 17.6 Å². The van der Waals surface area contributed by atoms with Crippen LogP contribution in [0.4, 0.5) is 5.82 Å². The Hall–Kier alpha value is -3.45. The van der Waals surface area contributed by atoms with Gasteiger partial charge in [0.15, 0.2) is 5.65 Å². The van der Waals surface area contributed by atoms with E-state index in [-0.39, 0.29) is 5.91 Å². The lowest BCUT2D eigenvalue weighted by Gasteiger charge is -2.08. The molecule has 0 aliphatic carbocycles. The molecule has 0 spiro atoms. The molecule has 0 atom stereocenters. The second-order valence-corrected chi connectivity index (χ2v) is 7.02. The summed E-state index contributed by atoms with van der Waals surface area (Å²) in [5.74, 6) is 0.122. The largest absolute Gasteiger partial charge is 0.384 e. The maximum atomic E-state index is 13.0. The van der Waals surface area contributed by atoms with Crippen molar-refractivity contribution in [2.24, 2.45) is 0 Å². The second kappa shape index (κ2) is 8.92. The highest BCUT2D eigenvalue weighted by Crippen LogP contribution is 2.28. The van der Waals surface area contributed by atoms with Crippen molar-refractivity contribution in [1.29, 1.82) is 0 Å². The maximum absolute atomic E-state index is 13.0. The lowest BCUT2D eigenvalue weighted by Crippen LogP contribution is -2.26. The maximum Gasteiger partial charge on any atom is 0.257 e. The second-order valence-electron chi connectivity index (χ2n) is 7.02. The van der Waals surface area contributed by atoms with E-state index in [0.717, 1.165) is 23.0 Å². The van der Waals surface area contributed by atoms with Gasteiger partial charge in [0.25, 0.3) is 5.91 Å². The normalized spacial score (nSPS) is 11.2. The van der Waals surface area contributed by atoms with E-state index in [0.29, 0.717) is 48.8 Å². The first-order valence-corrected chi connectivity index (χ1v) is 10.1. The number of ether oxygens (including phenoxy) is 1. The van der Waals surface area contributed by atoms with Crippen LogP contribution < -0.4 is 11.1 Å². The Morgan fingerprint density at radius 3 is 2.50 bits per heavy atom. The third-order valence-corrected chi connectivity index (χ3v) is 4.96. The topological polar surface area (TPSA) is 95.1 Å². The average Bonchev–Trinajstić information content (AvgIpc) is 3.03. The number of amides is 1. The molecule has 0 fully saturated rings. The minimum Gasteiger partial charge on any atom is -0.384 e. The standard InChI is InChI=1S/C23H25N5O2/c1-2-30-14-8-13-25-23(29)19-20-22(27-18-12-7-6-11-17(18)26-20)28(21(19)24)15-16-9-4-3-5-10-16/h3-7,9-12H,2,8,13-15,24H2,1H3,(H,25,29). The summed E-state index contributed by atoms with van der Waals surface area (Å²) in [5, 5.41) is 2.94. The highest BCUT2D eigenvalue weighted by Gasteiger charge is 2.23. The van der Waals surface area contributed by atoms with Crippen molar-refractivity contribution in [3.63, 3.8) is 0 Å². The fourth-order valence-corrected chi connectivity index (χ4v) is 3.48. The monoisotopic (exact) mass is 403 g/mol. The van der Waals surface area contributed by atoms with Gasteiger partial charge in [-0.2, -0.15) is 0 Å². The van der Waals surface area contributed by atoms with Crippen LogP contribution in [0, 0.1) is 0 Å². The highest BCUT2D eigenvalue weighted by atomic mass is 16.5. The van der Waals surface area contributed by atoms with Gasteiger partial charge in [-0.05, 0) is 31.0 Å². The van der Waals surface area contributed by atoms with Crippen LogP contribution in [0.5, 0.6) is 0 Å². The lowest BCUT2D eigenvalue weighted by atomic mass is 10.2. The van der Waals surface area contributed by atoms with E-state index in [1.807, 2.05) is 66.1 Å². The molecule has 2 aromatic heterocycles. The van der Waals surface area contributed by atoms with Gasteiger partial charge in [-0.1, -0.05) is 42.5 Å². The molecule has 4 rings (SSSR count). The number of aromatic nitrogens is 3. The van der Waals surface area contributed by atoms with Crippen molar-refractivity contribution in [3.05, 3.63) is 65.7 Å². The molecular weight excluding hydrogens is 378 g/mol. The molecule has 4 aromatic rings. The summed E-state index contributed by atoms with van der Waals surface area (Å²) in [6.07, 6.45) is 0.733. The van der Waals surface area contributed by atoms with Crippen LogP contribution in [0.2, 0.25) is 0 Å². The molecule has 2 heterocycles. The van der Waals surface area contributed by atoms with Crippen molar-refractivity contribution in [1.82, 2.24) is 19.9 Å². The third kappa shape index (κ3) is 3.97. The zero-order chi connectivity index (χ0) is 20.9. The van der Waals surface area contributed by atoms with E-state index in [4.69, 9.17) is 20.4 Å². The average molecular weight is 403 g/mol. The van der Waals surface area contributed by atoms with Crippen LogP contribution in [0.25, 0.3) is 22.2 Å². The van der Waals surface area contributed by atoms with E-state index in [1.54, 1.807) is 0 Å². The zero-order valence-corrected chi connectivity index (χ0v) is 17.0. The van der Waals surface area contributed by atoms with Crippen LogP contribution >= 0.6 is 0 Å². The molecule has 2 aromatic carbocycles. The number of nitrogens with one attached hydrogen (secondary N) is 1. The summed E-state index contributed by atoms with van der Waals surface area (Å²) in [6, 6.07) is 17.6. The van der Waals surface area contributed by atoms with E-state index in [9.17, 15) is 4.79 Å². The van der Waals surface area contributed by atoms with Crippen LogP contribution in [-0.2, 0) is 11.3 Å². The number of anilines is 1. The van der Waals surface area contributed by atoms with Gasteiger partial charge in [0.1, 0.15) is 16.9 Å². The number of carbonyl (C=O) groups excluding carboxylic acids is 1. The van der Waals surface area contributed by atoms with Gasteiger partial charge < -0.3 is 20.4 Å². The molecule has 7 nitrogen and oxygen atoms in total. The molecule has 154 valence electrons. The molecule has 30 heavy (non-hydrogen) atoms. The van der Waals surface area contributed by atoms with Crippen molar-refractivity contribution >= 4 is 33.9 Å². The lowest BCUT2D eigenvalue weighted by molar-refractivity contribution is 0.0946. The number of nitrogens with zero attached hydrogens (tertiary/aromatic N) is 3. The molecule has 7 heteroatoms. The van der Waals surface area contributed by atoms with E-state index in [2.05, 4.69) is 5.32 Å². The first kappa shape index (κ1) is 19.8. The van der Waals surface area contributed by atoms with Crippen molar-refractivity contribution in [3.8, 4) is 0 Å². The van der Waals surface area contributed by atoms with Gasteiger partial charge in [0, 0.05) is 19.8 Å². The third-order valence-electron chi connectivity index (χ3n) is 4.96. The van der Waals surface area contributed by atoms with E-state index >= 15 is 0 Å². The Kier molecular flexibility index (Phi) is 5.90. The molecule has 0 radical (unpaired) electrons. The molecular formula is C23H25N5O2. The van der Waals surface area contributed by atoms with Crippen LogP contribution in [0.1, 0.15) is 29.3 Å². The minimum absolute atomic E-state index is 0.245. The summed E-state index contributed by atoms with van der Waals surface area (Å²) in [7, 11) is 0. The van der Waals surface area contributed by atoms with E-state index in [1.165, 1.54) is 0 Å². The predicted octanol–water partition coefficient (Wildman–Crippen LogP) is 3.37. The molecule has 1 amide bonds. The molecule has 0 aliphatic rings. The van der Waals surface area contributed by atoms with Crippen LogP contribution in [0.15, 0.2) is 54.6 Å². The summed E-state index contributed by atoms with van der Waals surface area (Å²) in [6.45, 7) is 4.23. The molecule has 0 aliphatic heterocycles. The van der Waals surface area contributed by atoms with Crippen LogP contribution in [0.3, 0.4) is 0 Å². The summed E-state index contributed by atoms with van der Waals surface area (Å²) < 4.78 is 7.19. The first-order valence-electron chi connectivity index (χ1n) is 10.1. The summed E-state index contributed by atoms with van der Waals surface area (Å²) in [4.78, 5) is 22.5. The Morgan fingerprint density at radius 2 is 1.77 bits per heavy atom. The molecule has 0 saturated heterocycles. The number of nitrogen functional groups attached to an aromatic ring is 1. The summed E-state index contributed by atoms with van der Waals surface area (Å²) in [5.41, 5.74) is 10.5. The number of hydrogen-bond acceptors (Lipinski definition) is 5. The molecule has 0 saturated carbocycles. The minimum atomic E-state index is -0.245. The highest BCUT2D eigenvalue weighted by molar-refractivity contribution is 6.10. The Balaban J connectivity index is 1.75. The Morgan fingerprint density at radius 1 is 1.07 bits per heavy atom. The SMILES string of the molecule is CCOCCCNC(=O)c1c(N)n(Cc2ccccc2)c2nc3ccccc3nc12. The fourth-order valence-electron chi connectivity index (χ4n) is 3.48. The number of carbonyl (C=O) groups is 1. The van der Waals surface area contributed by atoms with Crippen LogP contribution in [-0.4, -0.2) is 40.2 Å². The van der Waals surface area contributed by atoms with E-state index < -0.39 is 0 Å². The summed E-state index contributed by atoms with van der Waals surface area (Å²) >= 11 is 0. The molecule has 0 bridgehead atoms. The predicted molar refractivity (Wildman–Crippen MR) is 118 cm³/mol. The first-order chi connectivity index (χ1) is 14.7. The van der Waals surface area contributed by atoms with Gasteiger partial charge in [-0.15, -0.1) is 0 Å². The number of fused-ring (bicyclic) bond motifs is 2. The fraction of sp³-hybridized carbons (Fsp3) is 0.261. The zero-order valence-electron chi connectivity index (χ0n) is 17.0. The Bertz CT molecular complexity index is 1170. The van der Waals surface area contributed by atoms with Gasteiger partial charge in [-0.25, -0.2) is 9.97 Å². The number of nitrogens with two attached hydrogens (primary N) is 1. The molecule has 0 unspecified atom stereocenters. The number of benzene rings is 2. The van der Waals surface area contributed by atoms with Gasteiger partial charge in [0.2, 0.25) is 0 Å². The van der Waals surface area contributed by atoms with Crippen molar-refractivity contribution in [2.75, 3.05) is 25.5 Å².